The van der Waals surface area contributed by atoms with Gasteiger partial charge in [-0.3, -0.25) is 5.10 Å². The van der Waals surface area contributed by atoms with Gasteiger partial charge >= 0.3 is 0 Å². The Balaban J connectivity index is 1.52. The summed E-state index contributed by atoms with van der Waals surface area (Å²) in [6.07, 6.45) is 4.65. The Morgan fingerprint density at radius 1 is 0.938 bits per heavy atom. The van der Waals surface area contributed by atoms with E-state index in [1.165, 1.54) is 12.4 Å². The van der Waals surface area contributed by atoms with Crippen LogP contribution in [0.4, 0.5) is 8.78 Å². The molecule has 0 spiro atoms. The zero-order chi connectivity index (χ0) is 22.7. The predicted molar refractivity (Wildman–Crippen MR) is 116 cm³/mol. The van der Waals surface area contributed by atoms with Gasteiger partial charge in [-0.2, -0.15) is 5.10 Å². The lowest BCUT2D eigenvalue weighted by Gasteiger charge is -2.46. The summed E-state index contributed by atoms with van der Waals surface area (Å²) in [5, 5.41) is 27.1. The average molecular weight is 438 g/mol. The first-order chi connectivity index (χ1) is 15.1. The number of piperidine rings is 1. The molecule has 4 heterocycles. The first-order valence-corrected chi connectivity index (χ1v) is 10.5. The maximum Gasteiger partial charge on any atom is 0.201 e. The molecule has 166 valence electrons. The number of fused-ring (bicyclic) bond motifs is 1. The first kappa shape index (κ1) is 20.6. The van der Waals surface area contributed by atoms with Gasteiger partial charge in [-0.15, -0.1) is 15.3 Å². The van der Waals surface area contributed by atoms with Crippen LogP contribution in [0.1, 0.15) is 46.6 Å². The van der Waals surface area contributed by atoms with Gasteiger partial charge < -0.3 is 5.32 Å². The maximum absolute atomic E-state index is 14.9. The standard InChI is InChI=1S/C22H24F2N8/c1-21(2)8-13(9-22(3,4)30-21)32-20-19(28-31-32)7-18(27-29-20)15-6-16(23)14(5-17(15)24)12-10-25-26-11-12/h5-7,10-11,13,30H,8-9H2,1-4H3,(H,25,26). The van der Waals surface area contributed by atoms with Crippen LogP contribution in [0.3, 0.4) is 0 Å². The molecule has 3 aromatic heterocycles. The number of rotatable bonds is 3. The van der Waals surface area contributed by atoms with Crippen molar-refractivity contribution in [1.29, 1.82) is 0 Å². The molecule has 1 aliphatic rings. The van der Waals surface area contributed by atoms with E-state index in [-0.39, 0.29) is 33.9 Å². The molecule has 0 saturated carbocycles. The summed E-state index contributed by atoms with van der Waals surface area (Å²) >= 11 is 0. The van der Waals surface area contributed by atoms with Gasteiger partial charge in [0, 0.05) is 34.0 Å². The molecule has 4 aromatic rings. The summed E-state index contributed by atoms with van der Waals surface area (Å²) in [7, 11) is 0. The third-order valence-electron chi connectivity index (χ3n) is 5.88. The molecule has 2 N–H and O–H groups in total. The van der Waals surface area contributed by atoms with Crippen LogP contribution in [0.2, 0.25) is 0 Å². The zero-order valence-electron chi connectivity index (χ0n) is 18.3. The largest absolute Gasteiger partial charge is 0.307 e. The molecule has 0 amide bonds. The number of hydrogen-bond acceptors (Lipinski definition) is 6. The van der Waals surface area contributed by atoms with E-state index in [0.29, 0.717) is 16.7 Å². The molecule has 1 aliphatic heterocycles. The molecule has 0 radical (unpaired) electrons. The molecule has 1 saturated heterocycles. The molecule has 8 nitrogen and oxygen atoms in total. The highest BCUT2D eigenvalue weighted by atomic mass is 19.1. The highest BCUT2D eigenvalue weighted by Gasteiger charge is 2.39. The lowest BCUT2D eigenvalue weighted by molar-refractivity contribution is 0.127. The fraction of sp³-hybridized carbons (Fsp3) is 0.409. The first-order valence-electron chi connectivity index (χ1n) is 10.5. The number of hydrogen-bond donors (Lipinski definition) is 2. The molecule has 5 rings (SSSR count). The van der Waals surface area contributed by atoms with Crippen molar-refractivity contribution < 1.29 is 8.78 Å². The van der Waals surface area contributed by atoms with Gasteiger partial charge in [0.05, 0.1) is 17.9 Å². The molecule has 32 heavy (non-hydrogen) atoms. The number of nitrogens with one attached hydrogen (secondary N) is 2. The Bertz CT molecular complexity index is 1280. The highest BCUT2D eigenvalue weighted by molar-refractivity contribution is 5.76. The van der Waals surface area contributed by atoms with Gasteiger partial charge in [0.1, 0.15) is 17.2 Å². The van der Waals surface area contributed by atoms with Gasteiger partial charge in [0.2, 0.25) is 5.65 Å². The number of nitrogens with zero attached hydrogens (tertiary/aromatic N) is 6. The second kappa shape index (κ2) is 7.13. The van der Waals surface area contributed by atoms with Crippen LogP contribution < -0.4 is 5.32 Å². The minimum Gasteiger partial charge on any atom is -0.307 e. The molecule has 0 atom stereocenters. The monoisotopic (exact) mass is 438 g/mol. The lowest BCUT2D eigenvalue weighted by Crippen LogP contribution is -2.58. The minimum absolute atomic E-state index is 0.0165. The van der Waals surface area contributed by atoms with Crippen molar-refractivity contribution in [2.45, 2.75) is 57.7 Å². The Labute approximate surface area is 183 Å². The molecule has 0 unspecified atom stereocenters. The third kappa shape index (κ3) is 3.64. The second-order valence-electron chi connectivity index (χ2n) is 9.73. The molecular formula is C22H24F2N8. The molecule has 1 aromatic carbocycles. The molecule has 0 aliphatic carbocycles. The van der Waals surface area contributed by atoms with Crippen LogP contribution >= 0.6 is 0 Å². The molecular weight excluding hydrogens is 414 g/mol. The van der Waals surface area contributed by atoms with Crippen molar-refractivity contribution in [2.24, 2.45) is 0 Å². The van der Waals surface area contributed by atoms with Gasteiger partial charge in [-0.05, 0) is 58.7 Å². The van der Waals surface area contributed by atoms with Gasteiger partial charge in [-0.1, -0.05) is 5.21 Å². The van der Waals surface area contributed by atoms with E-state index >= 15 is 0 Å². The number of halogens is 2. The van der Waals surface area contributed by atoms with E-state index in [1.54, 1.807) is 10.7 Å². The summed E-state index contributed by atoms with van der Waals surface area (Å²) in [6, 6.07) is 3.95. The van der Waals surface area contributed by atoms with E-state index in [2.05, 4.69) is 63.7 Å². The van der Waals surface area contributed by atoms with Crippen molar-refractivity contribution in [3.05, 3.63) is 42.2 Å². The average Bonchev–Trinajstić information content (AvgIpc) is 3.36. The summed E-state index contributed by atoms with van der Waals surface area (Å²) < 4.78 is 31.4. The van der Waals surface area contributed by atoms with E-state index in [9.17, 15) is 8.78 Å². The van der Waals surface area contributed by atoms with Crippen molar-refractivity contribution in [3.8, 4) is 22.4 Å². The number of aromatic nitrogens is 7. The van der Waals surface area contributed by atoms with E-state index in [1.807, 2.05) is 0 Å². The second-order valence-corrected chi connectivity index (χ2v) is 9.73. The quantitative estimate of drug-likeness (QED) is 0.501. The van der Waals surface area contributed by atoms with Crippen LogP contribution in [-0.2, 0) is 0 Å². The SMILES string of the molecule is CC1(C)CC(n2nnc3cc(-c4cc(F)c(-c5cn[nH]c5)cc4F)nnc32)CC(C)(C)N1. The third-order valence-corrected chi connectivity index (χ3v) is 5.88. The van der Waals surface area contributed by atoms with E-state index in [4.69, 9.17) is 0 Å². The van der Waals surface area contributed by atoms with Gasteiger partial charge in [-0.25, -0.2) is 13.5 Å². The summed E-state index contributed by atoms with van der Waals surface area (Å²) in [4.78, 5) is 0. The van der Waals surface area contributed by atoms with Crippen LogP contribution in [0.5, 0.6) is 0 Å². The van der Waals surface area contributed by atoms with Crippen LogP contribution in [-0.4, -0.2) is 46.5 Å². The molecule has 1 fully saturated rings. The predicted octanol–water partition coefficient (Wildman–Crippen LogP) is 4.04. The van der Waals surface area contributed by atoms with Crippen molar-refractivity contribution >= 4 is 11.2 Å². The number of H-pyrrole nitrogens is 1. The fourth-order valence-electron chi connectivity index (χ4n) is 4.93. The molecule has 0 bridgehead atoms. The summed E-state index contributed by atoms with van der Waals surface area (Å²) in [5.74, 6) is -1.18. The van der Waals surface area contributed by atoms with E-state index < -0.39 is 11.6 Å². The zero-order valence-corrected chi connectivity index (χ0v) is 18.3. The Morgan fingerprint density at radius 2 is 1.62 bits per heavy atom. The maximum atomic E-state index is 14.9. The lowest BCUT2D eigenvalue weighted by atomic mass is 9.80. The Hall–Kier alpha value is -3.27. The summed E-state index contributed by atoms with van der Waals surface area (Å²) in [5.41, 5.74) is 1.67. The Morgan fingerprint density at radius 3 is 2.31 bits per heavy atom. The summed E-state index contributed by atoms with van der Waals surface area (Å²) in [6.45, 7) is 8.64. The van der Waals surface area contributed by atoms with Crippen molar-refractivity contribution in [3.63, 3.8) is 0 Å². The highest BCUT2D eigenvalue weighted by Crippen LogP contribution is 2.37. The van der Waals surface area contributed by atoms with Crippen LogP contribution in [0, 0.1) is 11.6 Å². The van der Waals surface area contributed by atoms with Gasteiger partial charge in [0.25, 0.3) is 0 Å². The van der Waals surface area contributed by atoms with E-state index in [0.717, 1.165) is 25.0 Å². The topological polar surface area (TPSA) is 97.2 Å². The normalized spacial score (nSPS) is 18.3. The molecule has 10 heteroatoms. The van der Waals surface area contributed by atoms with Crippen molar-refractivity contribution in [2.75, 3.05) is 0 Å². The van der Waals surface area contributed by atoms with Crippen LogP contribution in [0.15, 0.2) is 30.6 Å². The van der Waals surface area contributed by atoms with Gasteiger partial charge in [0.15, 0.2) is 0 Å². The van der Waals surface area contributed by atoms with Crippen LogP contribution in [0.25, 0.3) is 33.5 Å². The fourth-order valence-corrected chi connectivity index (χ4v) is 4.93. The number of benzene rings is 1. The number of aromatic amines is 1. The smallest absolute Gasteiger partial charge is 0.201 e. The van der Waals surface area contributed by atoms with Crippen molar-refractivity contribution in [1.82, 2.24) is 40.7 Å². The Kier molecular flexibility index (Phi) is 4.59. The minimum atomic E-state index is -0.606.